The number of piperidine rings is 1. The zero-order valence-electron chi connectivity index (χ0n) is 16.7. The molecule has 2 saturated heterocycles. The van der Waals surface area contributed by atoms with Crippen LogP contribution in [0.25, 0.3) is 0 Å². The number of aliphatic hydroxyl groups excluding tert-OH is 1. The number of fused-ring (bicyclic) bond motifs is 2. The van der Waals surface area contributed by atoms with Gasteiger partial charge in [-0.15, -0.1) is 0 Å². The molecule has 1 aromatic carbocycles. The van der Waals surface area contributed by atoms with Crippen molar-refractivity contribution in [2.24, 2.45) is 0 Å². The van der Waals surface area contributed by atoms with Gasteiger partial charge in [0.2, 0.25) is 0 Å². The van der Waals surface area contributed by atoms with Gasteiger partial charge in [0.05, 0.1) is 31.4 Å². The van der Waals surface area contributed by atoms with Gasteiger partial charge in [-0.2, -0.15) is 0 Å². The number of ether oxygens (including phenoxy) is 1. The number of hydrogen-bond acceptors (Lipinski definition) is 5. The van der Waals surface area contributed by atoms with E-state index in [1.807, 2.05) is 17.0 Å². The summed E-state index contributed by atoms with van der Waals surface area (Å²) in [6.07, 6.45) is 3.55. The van der Waals surface area contributed by atoms with Crippen molar-refractivity contribution >= 4 is 5.91 Å². The van der Waals surface area contributed by atoms with Crippen molar-refractivity contribution in [3.63, 3.8) is 0 Å². The van der Waals surface area contributed by atoms with E-state index < -0.39 is 0 Å². The number of nitrogens with zero attached hydrogens (tertiary/aromatic N) is 2. The fraction of sp³-hybridized carbons (Fsp3) is 0.522. The van der Waals surface area contributed by atoms with Crippen LogP contribution in [0.4, 0.5) is 0 Å². The molecule has 1 atom stereocenters. The summed E-state index contributed by atoms with van der Waals surface area (Å²) in [4.78, 5) is 17.2. The molecule has 0 bridgehead atoms. The first-order chi connectivity index (χ1) is 14.2. The SMILES string of the molecule is O=C(c1coc(CN2CCOCC2)c1)N1CCC2(CC1)c1ccccc1CC2O. The lowest BCUT2D eigenvalue weighted by Gasteiger charge is -2.42. The molecule has 0 radical (unpaired) electrons. The molecular weight excluding hydrogens is 368 g/mol. The van der Waals surface area contributed by atoms with Gasteiger partial charge in [0, 0.05) is 31.6 Å². The zero-order chi connectivity index (χ0) is 19.8. The molecule has 1 unspecified atom stereocenters. The Morgan fingerprint density at radius 3 is 2.69 bits per heavy atom. The fourth-order valence-electron chi connectivity index (χ4n) is 5.22. The van der Waals surface area contributed by atoms with Crippen LogP contribution in [0.3, 0.4) is 0 Å². The summed E-state index contributed by atoms with van der Waals surface area (Å²) >= 11 is 0. The molecule has 0 saturated carbocycles. The largest absolute Gasteiger partial charge is 0.467 e. The number of furan rings is 1. The van der Waals surface area contributed by atoms with Crippen LogP contribution in [0, 0.1) is 0 Å². The highest BCUT2D eigenvalue weighted by molar-refractivity contribution is 5.94. The zero-order valence-corrected chi connectivity index (χ0v) is 16.7. The smallest absolute Gasteiger partial charge is 0.257 e. The first-order valence-corrected chi connectivity index (χ1v) is 10.6. The normalized spacial score (nSPS) is 24.0. The Hall–Kier alpha value is -2.15. The van der Waals surface area contributed by atoms with E-state index in [4.69, 9.17) is 9.15 Å². The summed E-state index contributed by atoms with van der Waals surface area (Å²) in [5.41, 5.74) is 2.94. The van der Waals surface area contributed by atoms with Crippen molar-refractivity contribution in [3.8, 4) is 0 Å². The predicted octanol–water partition coefficient (Wildman–Crippen LogP) is 2.20. The third-order valence-electron chi connectivity index (χ3n) is 6.93. The topological polar surface area (TPSA) is 66.2 Å². The second-order valence-corrected chi connectivity index (χ2v) is 8.52. The Morgan fingerprint density at radius 2 is 1.90 bits per heavy atom. The Balaban J connectivity index is 1.24. The maximum atomic E-state index is 13.0. The molecule has 6 heteroatoms. The Labute approximate surface area is 171 Å². The number of aliphatic hydroxyl groups is 1. The van der Waals surface area contributed by atoms with E-state index in [0.29, 0.717) is 25.2 Å². The molecule has 5 rings (SSSR count). The average molecular weight is 396 g/mol. The predicted molar refractivity (Wildman–Crippen MR) is 108 cm³/mol. The molecule has 1 aliphatic carbocycles. The minimum Gasteiger partial charge on any atom is -0.467 e. The summed E-state index contributed by atoms with van der Waals surface area (Å²) in [6.45, 7) is 5.31. The Bertz CT molecular complexity index is 879. The van der Waals surface area contributed by atoms with Gasteiger partial charge in [-0.05, 0) is 36.5 Å². The maximum Gasteiger partial charge on any atom is 0.257 e. The molecule has 1 N–H and O–H groups in total. The minimum absolute atomic E-state index is 0.0256. The molecule has 1 amide bonds. The third-order valence-corrected chi connectivity index (χ3v) is 6.93. The highest BCUT2D eigenvalue weighted by atomic mass is 16.5. The summed E-state index contributed by atoms with van der Waals surface area (Å²) in [5.74, 6) is 0.849. The molecule has 3 aliphatic rings. The number of carbonyl (C=O) groups is 1. The first-order valence-electron chi connectivity index (χ1n) is 10.6. The standard InChI is InChI=1S/C23H28N2O4/c26-21-14-17-3-1-2-4-20(17)23(21)5-7-25(8-6-23)22(27)18-13-19(29-16-18)15-24-9-11-28-12-10-24/h1-4,13,16,21,26H,5-12,14-15H2. The van der Waals surface area contributed by atoms with Crippen LogP contribution in [-0.4, -0.2) is 66.3 Å². The van der Waals surface area contributed by atoms with E-state index in [9.17, 15) is 9.90 Å². The van der Waals surface area contributed by atoms with Crippen LogP contribution in [0.1, 0.15) is 40.1 Å². The lowest BCUT2D eigenvalue weighted by Crippen LogP contribution is -2.49. The fourth-order valence-corrected chi connectivity index (χ4v) is 5.22. The van der Waals surface area contributed by atoms with Gasteiger partial charge in [-0.3, -0.25) is 9.69 Å². The molecule has 2 aromatic rings. The first kappa shape index (κ1) is 18.9. The van der Waals surface area contributed by atoms with Crippen molar-refractivity contribution in [1.29, 1.82) is 0 Å². The number of benzene rings is 1. The summed E-state index contributed by atoms with van der Waals surface area (Å²) < 4.78 is 11.0. The second-order valence-electron chi connectivity index (χ2n) is 8.52. The van der Waals surface area contributed by atoms with Gasteiger partial charge in [-0.25, -0.2) is 0 Å². The van der Waals surface area contributed by atoms with Crippen LogP contribution in [0.2, 0.25) is 0 Å². The number of morpholine rings is 1. The van der Waals surface area contributed by atoms with Gasteiger partial charge in [0.1, 0.15) is 12.0 Å². The van der Waals surface area contributed by atoms with E-state index in [2.05, 4.69) is 23.1 Å². The van der Waals surface area contributed by atoms with Crippen LogP contribution in [-0.2, 0) is 23.1 Å². The molecule has 2 fully saturated rings. The van der Waals surface area contributed by atoms with Crippen molar-refractivity contribution in [2.75, 3.05) is 39.4 Å². The van der Waals surface area contributed by atoms with Crippen molar-refractivity contribution < 1.29 is 19.1 Å². The summed E-state index contributed by atoms with van der Waals surface area (Å²) in [5, 5.41) is 10.8. The molecule has 1 aromatic heterocycles. The molecule has 3 heterocycles. The third kappa shape index (κ3) is 3.39. The molecule has 2 aliphatic heterocycles. The molecule has 154 valence electrons. The number of hydrogen-bond donors (Lipinski definition) is 1. The number of rotatable bonds is 3. The lowest BCUT2D eigenvalue weighted by atomic mass is 9.72. The van der Waals surface area contributed by atoms with Crippen LogP contribution in [0.15, 0.2) is 41.0 Å². The average Bonchev–Trinajstić information content (AvgIpc) is 3.32. The highest BCUT2D eigenvalue weighted by Gasteiger charge is 2.48. The van der Waals surface area contributed by atoms with Crippen molar-refractivity contribution in [3.05, 3.63) is 59.0 Å². The van der Waals surface area contributed by atoms with Gasteiger partial charge in [0.25, 0.3) is 5.91 Å². The Morgan fingerprint density at radius 1 is 1.14 bits per heavy atom. The van der Waals surface area contributed by atoms with E-state index in [1.54, 1.807) is 6.26 Å². The maximum absolute atomic E-state index is 13.0. The van der Waals surface area contributed by atoms with Gasteiger partial charge >= 0.3 is 0 Å². The molecular formula is C23H28N2O4. The molecule has 29 heavy (non-hydrogen) atoms. The van der Waals surface area contributed by atoms with Crippen molar-refractivity contribution in [2.45, 2.75) is 37.3 Å². The quantitative estimate of drug-likeness (QED) is 0.862. The number of likely N-dealkylation sites (tertiary alicyclic amines) is 1. The van der Waals surface area contributed by atoms with Crippen molar-refractivity contribution in [1.82, 2.24) is 9.80 Å². The van der Waals surface area contributed by atoms with E-state index in [1.165, 1.54) is 11.1 Å². The number of amides is 1. The molecule has 6 nitrogen and oxygen atoms in total. The van der Waals surface area contributed by atoms with Gasteiger partial charge < -0.3 is 19.2 Å². The van der Waals surface area contributed by atoms with E-state index in [0.717, 1.165) is 51.3 Å². The van der Waals surface area contributed by atoms with E-state index in [-0.39, 0.29) is 17.4 Å². The molecule has 1 spiro atoms. The lowest BCUT2D eigenvalue weighted by molar-refractivity contribution is 0.0313. The second kappa shape index (κ2) is 7.59. The van der Waals surface area contributed by atoms with Crippen LogP contribution < -0.4 is 0 Å². The Kier molecular flexibility index (Phi) is 4.94. The minimum atomic E-state index is -0.355. The van der Waals surface area contributed by atoms with Crippen LogP contribution >= 0.6 is 0 Å². The number of carbonyl (C=O) groups excluding carboxylic acids is 1. The summed E-state index contributed by atoms with van der Waals surface area (Å²) in [6, 6.07) is 10.2. The monoisotopic (exact) mass is 396 g/mol. The summed E-state index contributed by atoms with van der Waals surface area (Å²) in [7, 11) is 0. The highest BCUT2D eigenvalue weighted by Crippen LogP contribution is 2.46. The van der Waals surface area contributed by atoms with E-state index >= 15 is 0 Å². The van der Waals surface area contributed by atoms with Crippen LogP contribution in [0.5, 0.6) is 0 Å². The van der Waals surface area contributed by atoms with Gasteiger partial charge in [0.15, 0.2) is 0 Å². The van der Waals surface area contributed by atoms with Gasteiger partial charge in [-0.1, -0.05) is 24.3 Å².